The SMILES string of the molecule is c1ccc(NC2CCCN3CCSCC23)cc1. The third kappa shape index (κ3) is 2.61. The number of nitrogens with zero attached hydrogens (tertiary/aromatic N) is 1. The van der Waals surface area contributed by atoms with Gasteiger partial charge >= 0.3 is 0 Å². The molecule has 1 aromatic carbocycles. The average Bonchev–Trinajstić information content (AvgIpc) is 2.40. The van der Waals surface area contributed by atoms with Gasteiger partial charge in [0.25, 0.3) is 0 Å². The lowest BCUT2D eigenvalue weighted by atomic mass is 9.97. The Morgan fingerprint density at radius 3 is 2.94 bits per heavy atom. The Morgan fingerprint density at radius 2 is 2.06 bits per heavy atom. The summed E-state index contributed by atoms with van der Waals surface area (Å²) < 4.78 is 0. The fourth-order valence-electron chi connectivity index (χ4n) is 2.93. The van der Waals surface area contributed by atoms with Crippen LogP contribution in [0.1, 0.15) is 12.8 Å². The molecule has 2 saturated heterocycles. The molecule has 0 radical (unpaired) electrons. The molecule has 2 heterocycles. The van der Waals surface area contributed by atoms with E-state index in [0.29, 0.717) is 6.04 Å². The molecular formula is C14H20N2S. The van der Waals surface area contributed by atoms with Gasteiger partial charge in [0, 0.05) is 35.8 Å². The lowest BCUT2D eigenvalue weighted by Crippen LogP contribution is -2.55. The Kier molecular flexibility index (Phi) is 3.57. The summed E-state index contributed by atoms with van der Waals surface area (Å²) in [6, 6.07) is 12.0. The van der Waals surface area contributed by atoms with Crippen LogP contribution in [0.5, 0.6) is 0 Å². The summed E-state index contributed by atoms with van der Waals surface area (Å²) in [5.41, 5.74) is 1.27. The molecule has 0 aliphatic carbocycles. The number of benzene rings is 1. The Labute approximate surface area is 108 Å². The van der Waals surface area contributed by atoms with E-state index in [1.54, 1.807) is 0 Å². The van der Waals surface area contributed by atoms with Crippen molar-refractivity contribution in [2.45, 2.75) is 24.9 Å². The highest BCUT2D eigenvalue weighted by Gasteiger charge is 2.33. The molecular weight excluding hydrogens is 228 g/mol. The fraction of sp³-hybridized carbons (Fsp3) is 0.571. The summed E-state index contributed by atoms with van der Waals surface area (Å²) in [5, 5.41) is 3.73. The Bertz CT molecular complexity index is 352. The standard InChI is InChI=1S/C14H20N2S/c1-2-5-12(6-3-1)15-13-7-4-8-16-9-10-17-11-14(13)16/h1-3,5-6,13-15H,4,7-11H2. The number of nitrogens with one attached hydrogen (secondary N) is 1. The summed E-state index contributed by atoms with van der Waals surface area (Å²) in [4.78, 5) is 2.68. The predicted octanol–water partition coefficient (Wildman–Crippen LogP) is 2.68. The number of rotatable bonds is 2. The van der Waals surface area contributed by atoms with Crippen LogP contribution < -0.4 is 5.32 Å². The van der Waals surface area contributed by atoms with Gasteiger partial charge in [-0.05, 0) is 31.5 Å². The molecule has 3 rings (SSSR count). The van der Waals surface area contributed by atoms with Gasteiger partial charge < -0.3 is 5.32 Å². The molecule has 2 nitrogen and oxygen atoms in total. The highest BCUT2D eigenvalue weighted by Crippen LogP contribution is 2.27. The van der Waals surface area contributed by atoms with Gasteiger partial charge in [0.1, 0.15) is 0 Å². The Morgan fingerprint density at radius 1 is 1.18 bits per heavy atom. The van der Waals surface area contributed by atoms with Gasteiger partial charge in [-0.15, -0.1) is 0 Å². The van der Waals surface area contributed by atoms with E-state index in [2.05, 4.69) is 52.3 Å². The maximum atomic E-state index is 3.73. The average molecular weight is 248 g/mol. The van der Waals surface area contributed by atoms with Crippen LogP contribution >= 0.6 is 11.8 Å². The first-order chi connectivity index (χ1) is 8.43. The monoisotopic (exact) mass is 248 g/mol. The summed E-state index contributed by atoms with van der Waals surface area (Å²) in [7, 11) is 0. The second-order valence-electron chi connectivity index (χ2n) is 4.94. The van der Waals surface area contributed by atoms with E-state index in [1.165, 1.54) is 43.1 Å². The van der Waals surface area contributed by atoms with Crippen LogP contribution in [0.4, 0.5) is 5.69 Å². The zero-order valence-corrected chi connectivity index (χ0v) is 11.0. The van der Waals surface area contributed by atoms with E-state index in [1.807, 2.05) is 0 Å². The van der Waals surface area contributed by atoms with Gasteiger partial charge in [0.15, 0.2) is 0 Å². The highest BCUT2D eigenvalue weighted by atomic mass is 32.2. The summed E-state index contributed by atoms with van der Waals surface area (Å²) in [6.07, 6.45) is 2.66. The van der Waals surface area contributed by atoms with E-state index in [4.69, 9.17) is 0 Å². The molecule has 1 aromatic rings. The number of hydrogen-bond acceptors (Lipinski definition) is 3. The summed E-state index contributed by atoms with van der Waals surface area (Å²) in [6.45, 7) is 2.58. The van der Waals surface area contributed by atoms with Crippen LogP contribution in [0.15, 0.2) is 30.3 Å². The largest absolute Gasteiger partial charge is 0.381 e. The number of piperidine rings is 1. The van der Waals surface area contributed by atoms with Crippen LogP contribution in [0, 0.1) is 0 Å². The third-order valence-electron chi connectivity index (χ3n) is 3.83. The van der Waals surface area contributed by atoms with E-state index >= 15 is 0 Å². The number of thioether (sulfide) groups is 1. The highest BCUT2D eigenvalue weighted by molar-refractivity contribution is 7.99. The van der Waals surface area contributed by atoms with Crippen molar-refractivity contribution < 1.29 is 0 Å². The maximum Gasteiger partial charge on any atom is 0.0425 e. The smallest absolute Gasteiger partial charge is 0.0425 e. The summed E-state index contributed by atoms with van der Waals surface area (Å²) in [5.74, 6) is 2.61. The number of fused-ring (bicyclic) bond motifs is 1. The lowest BCUT2D eigenvalue weighted by molar-refractivity contribution is 0.155. The van der Waals surface area contributed by atoms with Crippen LogP contribution in [-0.2, 0) is 0 Å². The molecule has 2 aliphatic rings. The zero-order chi connectivity index (χ0) is 11.5. The number of anilines is 1. The van der Waals surface area contributed by atoms with Gasteiger partial charge in [-0.25, -0.2) is 0 Å². The molecule has 0 spiro atoms. The fourth-order valence-corrected chi connectivity index (χ4v) is 4.14. The molecule has 2 unspecified atom stereocenters. The molecule has 2 fully saturated rings. The van der Waals surface area contributed by atoms with Crippen LogP contribution in [-0.4, -0.2) is 41.6 Å². The lowest BCUT2D eigenvalue weighted by Gasteiger charge is -2.44. The van der Waals surface area contributed by atoms with Gasteiger partial charge in [-0.3, -0.25) is 4.90 Å². The molecule has 3 heteroatoms. The van der Waals surface area contributed by atoms with Crippen molar-refractivity contribution in [3.05, 3.63) is 30.3 Å². The van der Waals surface area contributed by atoms with Crippen molar-refractivity contribution in [1.82, 2.24) is 4.90 Å². The van der Waals surface area contributed by atoms with Crippen molar-refractivity contribution in [3.8, 4) is 0 Å². The quantitative estimate of drug-likeness (QED) is 0.866. The Balaban J connectivity index is 1.69. The maximum absolute atomic E-state index is 3.73. The van der Waals surface area contributed by atoms with Gasteiger partial charge in [0.05, 0.1) is 0 Å². The van der Waals surface area contributed by atoms with E-state index < -0.39 is 0 Å². The van der Waals surface area contributed by atoms with Gasteiger partial charge in [-0.2, -0.15) is 11.8 Å². The first-order valence-corrected chi connectivity index (χ1v) is 7.72. The first kappa shape index (κ1) is 11.4. The van der Waals surface area contributed by atoms with E-state index in [0.717, 1.165) is 6.04 Å². The molecule has 92 valence electrons. The molecule has 2 aliphatic heterocycles. The van der Waals surface area contributed by atoms with Crippen molar-refractivity contribution in [1.29, 1.82) is 0 Å². The summed E-state index contributed by atoms with van der Waals surface area (Å²) >= 11 is 2.11. The Hall–Kier alpha value is -0.670. The molecule has 0 amide bonds. The normalized spacial score (nSPS) is 29.6. The van der Waals surface area contributed by atoms with Gasteiger partial charge in [-0.1, -0.05) is 18.2 Å². The van der Waals surface area contributed by atoms with Crippen LogP contribution in [0.3, 0.4) is 0 Å². The molecule has 17 heavy (non-hydrogen) atoms. The van der Waals surface area contributed by atoms with Crippen molar-refractivity contribution in [2.75, 3.05) is 29.9 Å². The molecule has 1 N–H and O–H groups in total. The minimum absolute atomic E-state index is 0.638. The minimum Gasteiger partial charge on any atom is -0.381 e. The van der Waals surface area contributed by atoms with Crippen molar-refractivity contribution >= 4 is 17.4 Å². The predicted molar refractivity (Wildman–Crippen MR) is 75.8 cm³/mol. The topological polar surface area (TPSA) is 15.3 Å². The molecule has 2 atom stereocenters. The first-order valence-electron chi connectivity index (χ1n) is 6.57. The molecule has 0 bridgehead atoms. The molecule has 0 saturated carbocycles. The minimum atomic E-state index is 0.638. The van der Waals surface area contributed by atoms with E-state index in [-0.39, 0.29) is 0 Å². The number of hydrogen-bond donors (Lipinski definition) is 1. The second kappa shape index (κ2) is 5.32. The second-order valence-corrected chi connectivity index (χ2v) is 6.09. The van der Waals surface area contributed by atoms with Crippen molar-refractivity contribution in [3.63, 3.8) is 0 Å². The zero-order valence-electron chi connectivity index (χ0n) is 10.1. The molecule has 0 aromatic heterocycles. The number of para-hydroxylation sites is 1. The van der Waals surface area contributed by atoms with Crippen molar-refractivity contribution in [2.24, 2.45) is 0 Å². The van der Waals surface area contributed by atoms with Crippen LogP contribution in [0.2, 0.25) is 0 Å². The van der Waals surface area contributed by atoms with E-state index in [9.17, 15) is 0 Å². The van der Waals surface area contributed by atoms with Gasteiger partial charge in [0.2, 0.25) is 0 Å². The third-order valence-corrected chi connectivity index (χ3v) is 4.88. The van der Waals surface area contributed by atoms with Crippen LogP contribution in [0.25, 0.3) is 0 Å².